The van der Waals surface area contributed by atoms with Gasteiger partial charge in [0.2, 0.25) is 0 Å². The predicted octanol–water partition coefficient (Wildman–Crippen LogP) is 1.94. The van der Waals surface area contributed by atoms with Gasteiger partial charge in [0.05, 0.1) is 0 Å². The lowest BCUT2D eigenvalue weighted by atomic mass is 9.84. The van der Waals surface area contributed by atoms with Gasteiger partial charge >= 0.3 is 18.1 Å². The molecule has 104 valence electrons. The second-order valence-corrected chi connectivity index (χ2v) is 4.52. The molecular weight excluding hydrogens is 251 g/mol. The van der Waals surface area contributed by atoms with Gasteiger partial charge in [-0.3, -0.25) is 0 Å². The molecule has 2 N–H and O–H groups in total. The van der Waals surface area contributed by atoms with Gasteiger partial charge in [-0.1, -0.05) is 20.4 Å². The van der Waals surface area contributed by atoms with Crippen molar-refractivity contribution in [3.8, 4) is 0 Å². The van der Waals surface area contributed by atoms with Crippen molar-refractivity contribution < 1.29 is 27.5 Å². The summed E-state index contributed by atoms with van der Waals surface area (Å²) >= 11 is 0. The third-order valence-corrected chi connectivity index (χ3v) is 2.27. The topological polar surface area (TPSA) is 69.4 Å². The van der Waals surface area contributed by atoms with Gasteiger partial charge in [-0.25, -0.2) is 9.59 Å². The number of carbonyl (C=O) groups is 2. The average Bonchev–Trinajstić information content (AvgIpc) is 2.14. The molecule has 0 aliphatic carbocycles. The lowest BCUT2D eigenvalue weighted by Crippen LogP contribution is -2.52. The van der Waals surface area contributed by atoms with Crippen LogP contribution in [0.4, 0.5) is 13.2 Å². The maximum absolute atomic E-state index is 12.0. The van der Waals surface area contributed by atoms with Crippen molar-refractivity contribution in [3.05, 3.63) is 12.2 Å². The van der Waals surface area contributed by atoms with Crippen LogP contribution in [0.5, 0.6) is 0 Å². The van der Waals surface area contributed by atoms with Crippen LogP contribution in [0, 0.1) is 5.92 Å². The molecule has 0 aromatic rings. The van der Waals surface area contributed by atoms with Gasteiger partial charge in [0, 0.05) is 0 Å². The molecule has 1 unspecified atom stereocenters. The number of nitrogens with two attached hydrogens (primary N) is 1. The Hall–Kier alpha value is -1.37. The Labute approximate surface area is 103 Å². The van der Waals surface area contributed by atoms with E-state index >= 15 is 0 Å². The van der Waals surface area contributed by atoms with E-state index in [1.807, 2.05) is 0 Å². The molecule has 0 fully saturated rings. The van der Waals surface area contributed by atoms with Crippen LogP contribution >= 0.6 is 0 Å². The molecule has 4 nitrogen and oxygen atoms in total. The van der Waals surface area contributed by atoms with Crippen LogP contribution in [0.2, 0.25) is 0 Å². The Morgan fingerprint density at radius 1 is 1.28 bits per heavy atom. The number of alkyl halides is 3. The van der Waals surface area contributed by atoms with Gasteiger partial charge in [-0.15, -0.1) is 0 Å². The average molecular weight is 267 g/mol. The highest BCUT2D eigenvalue weighted by atomic mass is 19.4. The number of ether oxygens (including phenoxy) is 1. The van der Waals surface area contributed by atoms with Gasteiger partial charge in [-0.05, 0) is 24.8 Å². The SMILES string of the molecule is C=C(C)C(N)(CC(C)C)C(=O)OC(=O)C(F)(F)F. The monoisotopic (exact) mass is 267 g/mol. The molecule has 0 bridgehead atoms. The first-order chi connectivity index (χ1) is 7.91. The van der Waals surface area contributed by atoms with Crippen LogP contribution < -0.4 is 5.73 Å². The van der Waals surface area contributed by atoms with E-state index in [2.05, 4.69) is 11.3 Å². The molecule has 7 heteroatoms. The molecule has 0 spiro atoms. The standard InChI is InChI=1S/C11H16F3NO3/c1-6(2)5-10(15,7(3)4)8(16)18-9(17)11(12,13)14/h6H,3,5,15H2,1-2,4H3. The minimum absolute atomic E-state index is 0.0340. The number of rotatable bonds is 4. The number of hydrogen-bond donors (Lipinski definition) is 1. The second-order valence-electron chi connectivity index (χ2n) is 4.52. The van der Waals surface area contributed by atoms with E-state index < -0.39 is 23.7 Å². The summed E-state index contributed by atoms with van der Waals surface area (Å²) in [4.78, 5) is 22.1. The largest absolute Gasteiger partial charge is 0.491 e. The third-order valence-electron chi connectivity index (χ3n) is 2.27. The minimum Gasteiger partial charge on any atom is -0.385 e. The van der Waals surface area contributed by atoms with E-state index in [4.69, 9.17) is 5.73 Å². The van der Waals surface area contributed by atoms with Crippen molar-refractivity contribution in [3.63, 3.8) is 0 Å². The normalized spacial score (nSPS) is 15.1. The molecule has 0 saturated carbocycles. The van der Waals surface area contributed by atoms with E-state index in [1.165, 1.54) is 6.92 Å². The van der Waals surface area contributed by atoms with Crippen molar-refractivity contribution in [2.24, 2.45) is 11.7 Å². The van der Waals surface area contributed by atoms with E-state index in [1.54, 1.807) is 13.8 Å². The molecule has 0 saturated heterocycles. The van der Waals surface area contributed by atoms with Crippen LogP contribution in [0.1, 0.15) is 27.2 Å². The number of hydrogen-bond acceptors (Lipinski definition) is 4. The summed E-state index contributed by atoms with van der Waals surface area (Å²) in [6, 6.07) is 0. The number of esters is 2. The highest BCUT2D eigenvalue weighted by Crippen LogP contribution is 2.25. The van der Waals surface area contributed by atoms with Crippen molar-refractivity contribution >= 4 is 11.9 Å². The van der Waals surface area contributed by atoms with Crippen LogP contribution in [0.3, 0.4) is 0 Å². The van der Waals surface area contributed by atoms with Gasteiger partial charge in [0.1, 0.15) is 5.54 Å². The lowest BCUT2D eigenvalue weighted by molar-refractivity contribution is -0.203. The van der Waals surface area contributed by atoms with Gasteiger partial charge in [0.25, 0.3) is 0 Å². The Morgan fingerprint density at radius 2 is 1.72 bits per heavy atom. The zero-order valence-corrected chi connectivity index (χ0v) is 10.4. The van der Waals surface area contributed by atoms with Crippen LogP contribution in [-0.4, -0.2) is 23.7 Å². The van der Waals surface area contributed by atoms with Crippen molar-refractivity contribution in [2.45, 2.75) is 38.9 Å². The van der Waals surface area contributed by atoms with Gasteiger partial charge < -0.3 is 10.5 Å². The van der Waals surface area contributed by atoms with Gasteiger partial charge in [0.15, 0.2) is 0 Å². The maximum Gasteiger partial charge on any atom is 0.491 e. The van der Waals surface area contributed by atoms with Crippen LogP contribution in [0.25, 0.3) is 0 Å². The number of halogens is 3. The summed E-state index contributed by atoms with van der Waals surface area (Å²) in [6.07, 6.45) is -5.20. The van der Waals surface area contributed by atoms with E-state index in [0.717, 1.165) is 0 Å². The highest BCUT2D eigenvalue weighted by Gasteiger charge is 2.46. The lowest BCUT2D eigenvalue weighted by Gasteiger charge is -2.28. The third kappa shape index (κ3) is 4.14. The quantitative estimate of drug-likeness (QED) is 0.480. The number of carbonyl (C=O) groups excluding carboxylic acids is 2. The zero-order chi connectivity index (χ0) is 14.7. The second kappa shape index (κ2) is 5.51. The molecular formula is C11H16F3NO3. The van der Waals surface area contributed by atoms with E-state index in [0.29, 0.717) is 0 Å². The predicted molar refractivity (Wildman–Crippen MR) is 58.3 cm³/mol. The molecule has 0 aliphatic rings. The van der Waals surface area contributed by atoms with E-state index in [-0.39, 0.29) is 17.9 Å². The summed E-state index contributed by atoms with van der Waals surface area (Å²) in [5.74, 6) is -4.10. The fourth-order valence-electron chi connectivity index (χ4n) is 1.31. The highest BCUT2D eigenvalue weighted by molar-refractivity contribution is 5.94. The molecule has 0 aromatic carbocycles. The first kappa shape index (κ1) is 16.6. The Balaban J connectivity index is 5.02. The summed E-state index contributed by atoms with van der Waals surface area (Å²) in [7, 11) is 0. The molecule has 18 heavy (non-hydrogen) atoms. The fourth-order valence-corrected chi connectivity index (χ4v) is 1.31. The molecule has 0 radical (unpaired) electrons. The van der Waals surface area contributed by atoms with E-state index in [9.17, 15) is 22.8 Å². The molecule has 0 aliphatic heterocycles. The zero-order valence-electron chi connectivity index (χ0n) is 10.4. The molecule has 0 rings (SSSR count). The van der Waals surface area contributed by atoms with Crippen molar-refractivity contribution in [2.75, 3.05) is 0 Å². The molecule has 0 aromatic heterocycles. The van der Waals surface area contributed by atoms with Crippen LogP contribution in [-0.2, 0) is 14.3 Å². The molecule has 0 heterocycles. The Morgan fingerprint density at radius 3 is 2.00 bits per heavy atom. The van der Waals surface area contributed by atoms with Crippen molar-refractivity contribution in [1.82, 2.24) is 0 Å². The fraction of sp³-hybridized carbons (Fsp3) is 0.636. The first-order valence-electron chi connectivity index (χ1n) is 5.19. The summed E-state index contributed by atoms with van der Waals surface area (Å²) < 4.78 is 39.7. The summed E-state index contributed by atoms with van der Waals surface area (Å²) in [5.41, 5.74) is 4.02. The van der Waals surface area contributed by atoms with Crippen molar-refractivity contribution in [1.29, 1.82) is 0 Å². The van der Waals surface area contributed by atoms with Gasteiger partial charge in [-0.2, -0.15) is 13.2 Å². The summed E-state index contributed by atoms with van der Waals surface area (Å²) in [6.45, 7) is 8.29. The van der Waals surface area contributed by atoms with Crippen LogP contribution in [0.15, 0.2) is 12.2 Å². The Bertz CT molecular complexity index is 363. The minimum atomic E-state index is -5.23. The Kier molecular flexibility index (Phi) is 5.09. The smallest absolute Gasteiger partial charge is 0.385 e. The first-order valence-corrected chi connectivity index (χ1v) is 5.19. The molecule has 1 atom stereocenters. The molecule has 0 amide bonds. The maximum atomic E-state index is 12.0. The summed E-state index contributed by atoms with van der Waals surface area (Å²) in [5, 5.41) is 0.